The normalized spacial score (nSPS) is 11.4. The van der Waals surface area contributed by atoms with Crippen molar-refractivity contribution in [2.24, 2.45) is 0 Å². The van der Waals surface area contributed by atoms with Crippen LogP contribution in [0.15, 0.2) is 156 Å². The molecule has 0 saturated carbocycles. The summed E-state index contributed by atoms with van der Waals surface area (Å²) in [4.78, 5) is 13.4. The standard InChI is InChI=1S/C46H25N5OS/c1-48-35-18-14-30(15-19-35)34-22-33(29-12-10-28(27-47)11-13-29)23-36(24-34)51-41-20-16-31(45-49-39-6-2-4-8-43(39)52-45)25-37(41)38-26-32(17-21-42(38)51)46-50-40-7-3-5-9-44(40)53-46/h2-26H. The van der Waals surface area contributed by atoms with E-state index in [1.54, 1.807) is 11.3 Å². The molecule has 0 aliphatic rings. The van der Waals surface area contributed by atoms with Gasteiger partial charge in [0.1, 0.15) is 10.5 Å². The molecule has 0 aliphatic heterocycles. The summed E-state index contributed by atoms with van der Waals surface area (Å²) in [5, 5.41) is 12.6. The van der Waals surface area contributed by atoms with E-state index in [1.165, 1.54) is 0 Å². The minimum absolute atomic E-state index is 0.573. The number of nitrogens with zero attached hydrogens (tertiary/aromatic N) is 5. The molecular formula is C46H25N5OS. The lowest BCUT2D eigenvalue weighted by Crippen LogP contribution is -1.96. The van der Waals surface area contributed by atoms with Crippen LogP contribution < -0.4 is 0 Å². The van der Waals surface area contributed by atoms with E-state index in [0.29, 0.717) is 17.1 Å². The zero-order chi connectivity index (χ0) is 35.5. The van der Waals surface area contributed by atoms with Crippen molar-refractivity contribution in [1.82, 2.24) is 14.5 Å². The monoisotopic (exact) mass is 695 g/mol. The summed E-state index contributed by atoms with van der Waals surface area (Å²) in [6, 6.07) is 53.3. The largest absolute Gasteiger partial charge is 0.436 e. The van der Waals surface area contributed by atoms with Gasteiger partial charge in [-0.3, -0.25) is 0 Å². The molecule has 10 aromatic rings. The topological polar surface area (TPSA) is 72.0 Å². The third-order valence-electron chi connectivity index (χ3n) is 9.70. The van der Waals surface area contributed by atoms with Gasteiger partial charge in [-0.15, -0.1) is 11.3 Å². The lowest BCUT2D eigenvalue weighted by molar-refractivity contribution is 0.620. The van der Waals surface area contributed by atoms with Crippen LogP contribution in [-0.4, -0.2) is 14.5 Å². The minimum Gasteiger partial charge on any atom is -0.436 e. The third-order valence-corrected chi connectivity index (χ3v) is 10.8. The highest BCUT2D eigenvalue weighted by Crippen LogP contribution is 2.40. The molecule has 7 heteroatoms. The second-order valence-corrected chi connectivity index (χ2v) is 13.9. The van der Waals surface area contributed by atoms with E-state index in [4.69, 9.17) is 21.0 Å². The van der Waals surface area contributed by atoms with Gasteiger partial charge in [-0.2, -0.15) is 5.26 Å². The number of oxazole rings is 1. The van der Waals surface area contributed by atoms with Crippen molar-refractivity contribution in [3.05, 3.63) is 169 Å². The number of rotatable bonds is 5. The maximum absolute atomic E-state index is 9.48. The Hall–Kier alpha value is -7.32. The molecule has 0 saturated heterocycles. The molecule has 0 spiro atoms. The molecule has 6 nitrogen and oxygen atoms in total. The predicted octanol–water partition coefficient (Wildman–Crippen LogP) is 12.6. The van der Waals surface area contributed by atoms with Crippen LogP contribution >= 0.6 is 11.3 Å². The molecule has 0 bridgehead atoms. The molecule has 0 aliphatic carbocycles. The van der Waals surface area contributed by atoms with E-state index in [-0.39, 0.29) is 0 Å². The molecule has 0 unspecified atom stereocenters. The highest BCUT2D eigenvalue weighted by atomic mass is 32.1. The van der Waals surface area contributed by atoms with Gasteiger partial charge in [-0.1, -0.05) is 60.7 Å². The van der Waals surface area contributed by atoms with Crippen molar-refractivity contribution in [2.45, 2.75) is 0 Å². The second kappa shape index (κ2) is 12.2. The third kappa shape index (κ3) is 5.24. The number of para-hydroxylation sites is 3. The van der Waals surface area contributed by atoms with E-state index in [0.717, 1.165) is 87.2 Å². The Balaban J connectivity index is 1.23. The molecule has 246 valence electrons. The van der Waals surface area contributed by atoms with E-state index < -0.39 is 0 Å². The predicted molar refractivity (Wildman–Crippen MR) is 214 cm³/mol. The van der Waals surface area contributed by atoms with Crippen molar-refractivity contribution in [2.75, 3.05) is 0 Å². The maximum Gasteiger partial charge on any atom is 0.227 e. The van der Waals surface area contributed by atoms with Crippen LogP contribution in [0.4, 0.5) is 5.69 Å². The molecule has 0 N–H and O–H groups in total. The zero-order valence-corrected chi connectivity index (χ0v) is 28.8. The Morgan fingerprint density at radius 1 is 0.604 bits per heavy atom. The van der Waals surface area contributed by atoms with Crippen LogP contribution in [0.25, 0.3) is 97.9 Å². The lowest BCUT2D eigenvalue weighted by Gasteiger charge is -2.14. The smallest absolute Gasteiger partial charge is 0.227 e. The molecule has 0 fully saturated rings. The van der Waals surface area contributed by atoms with Gasteiger partial charge >= 0.3 is 0 Å². The number of thiazole rings is 1. The minimum atomic E-state index is 0.573. The van der Waals surface area contributed by atoms with Gasteiger partial charge in [0, 0.05) is 27.6 Å². The highest BCUT2D eigenvalue weighted by Gasteiger charge is 2.19. The zero-order valence-electron chi connectivity index (χ0n) is 28.0. The van der Waals surface area contributed by atoms with Crippen LogP contribution in [-0.2, 0) is 0 Å². The fourth-order valence-corrected chi connectivity index (χ4v) is 8.06. The Kier molecular flexibility index (Phi) is 7.01. The fourth-order valence-electron chi connectivity index (χ4n) is 7.10. The van der Waals surface area contributed by atoms with Crippen molar-refractivity contribution in [3.63, 3.8) is 0 Å². The molecular weight excluding hydrogens is 671 g/mol. The first-order chi connectivity index (χ1) is 26.1. The van der Waals surface area contributed by atoms with Gasteiger partial charge in [0.05, 0.1) is 39.5 Å². The first-order valence-electron chi connectivity index (χ1n) is 17.1. The Labute approximate surface area is 307 Å². The highest BCUT2D eigenvalue weighted by molar-refractivity contribution is 7.21. The van der Waals surface area contributed by atoms with E-state index in [1.807, 2.05) is 84.9 Å². The summed E-state index contributed by atoms with van der Waals surface area (Å²) >= 11 is 1.69. The van der Waals surface area contributed by atoms with Crippen molar-refractivity contribution in [3.8, 4) is 56.0 Å². The van der Waals surface area contributed by atoms with Gasteiger partial charge in [-0.05, 0) is 113 Å². The van der Waals surface area contributed by atoms with Crippen molar-refractivity contribution in [1.29, 1.82) is 5.26 Å². The maximum atomic E-state index is 9.48. The van der Waals surface area contributed by atoms with E-state index >= 15 is 0 Å². The lowest BCUT2D eigenvalue weighted by atomic mass is 9.97. The van der Waals surface area contributed by atoms with Crippen molar-refractivity contribution < 1.29 is 4.42 Å². The van der Waals surface area contributed by atoms with Gasteiger partial charge in [0.15, 0.2) is 11.3 Å². The number of aromatic nitrogens is 3. The summed E-state index contributed by atoms with van der Waals surface area (Å²) in [5.74, 6) is 0.573. The summed E-state index contributed by atoms with van der Waals surface area (Å²) in [6.07, 6.45) is 0. The second-order valence-electron chi connectivity index (χ2n) is 12.9. The fraction of sp³-hybridized carbons (Fsp3) is 0. The summed E-state index contributed by atoms with van der Waals surface area (Å²) in [6.45, 7) is 7.46. The number of benzene rings is 7. The van der Waals surface area contributed by atoms with Gasteiger partial charge in [0.25, 0.3) is 0 Å². The Morgan fingerprint density at radius 2 is 1.23 bits per heavy atom. The number of hydrogen-bond donors (Lipinski definition) is 0. The van der Waals surface area contributed by atoms with E-state index in [2.05, 4.69) is 82.2 Å². The molecule has 10 rings (SSSR count). The van der Waals surface area contributed by atoms with Crippen LogP contribution in [0.2, 0.25) is 0 Å². The molecule has 53 heavy (non-hydrogen) atoms. The molecule has 3 heterocycles. The van der Waals surface area contributed by atoms with Crippen molar-refractivity contribution >= 4 is 60.1 Å². The van der Waals surface area contributed by atoms with Gasteiger partial charge in [0.2, 0.25) is 5.89 Å². The van der Waals surface area contributed by atoms with Crippen LogP contribution in [0.3, 0.4) is 0 Å². The van der Waals surface area contributed by atoms with Gasteiger partial charge < -0.3 is 8.98 Å². The van der Waals surface area contributed by atoms with E-state index in [9.17, 15) is 5.26 Å². The summed E-state index contributed by atoms with van der Waals surface area (Å²) in [7, 11) is 0. The molecule has 0 radical (unpaired) electrons. The number of fused-ring (bicyclic) bond motifs is 5. The SMILES string of the molecule is [C-]#[N+]c1ccc(-c2cc(-c3ccc(C#N)cc3)cc(-n3c4ccc(-c5nc6ccccc6o5)cc4c4cc(-c5nc6ccccc6s5)ccc43)c2)cc1. The first kappa shape index (κ1) is 30.5. The number of nitriles is 1. The van der Waals surface area contributed by atoms with Gasteiger partial charge in [-0.25, -0.2) is 14.8 Å². The van der Waals surface area contributed by atoms with Crippen LogP contribution in [0, 0.1) is 17.9 Å². The summed E-state index contributed by atoms with van der Waals surface area (Å²) in [5.41, 5.74) is 12.8. The molecule has 3 aromatic heterocycles. The molecule has 0 amide bonds. The average molecular weight is 696 g/mol. The number of hydrogen-bond acceptors (Lipinski definition) is 5. The van der Waals surface area contributed by atoms with Crippen LogP contribution in [0.5, 0.6) is 0 Å². The van der Waals surface area contributed by atoms with Crippen LogP contribution in [0.1, 0.15) is 5.56 Å². The summed E-state index contributed by atoms with van der Waals surface area (Å²) < 4.78 is 9.70. The quantitative estimate of drug-likeness (QED) is 0.168. The Morgan fingerprint density at radius 3 is 1.91 bits per heavy atom. The molecule has 7 aromatic carbocycles. The Bertz CT molecular complexity index is 2860. The molecule has 0 atom stereocenters. The average Bonchev–Trinajstić information content (AvgIpc) is 3.94. The first-order valence-corrected chi connectivity index (χ1v) is 17.9.